The SMILES string of the molecule is CC(=O)Oc1c(C(C)C)cc2c(c1OC(C)=O)[C@@]13CCCC(C)(C)[C@@H]1[C@H](OC3=O)[C@H]2OC(C)=O. The highest BCUT2D eigenvalue weighted by Gasteiger charge is 2.71. The molecule has 0 unspecified atom stereocenters. The average Bonchev–Trinajstić information content (AvgIpc) is 2.95. The molecule has 0 N–H and O–H groups in total. The van der Waals surface area contributed by atoms with Crippen LogP contribution in [0.1, 0.15) is 96.4 Å². The monoisotopic (exact) mass is 472 g/mol. The van der Waals surface area contributed by atoms with Crippen molar-refractivity contribution in [1.82, 2.24) is 0 Å². The van der Waals surface area contributed by atoms with Gasteiger partial charge in [0.1, 0.15) is 11.5 Å². The highest BCUT2D eigenvalue weighted by atomic mass is 16.6. The maximum atomic E-state index is 13.7. The highest BCUT2D eigenvalue weighted by molar-refractivity contribution is 5.91. The lowest BCUT2D eigenvalue weighted by atomic mass is 9.49. The minimum atomic E-state index is -1.10. The summed E-state index contributed by atoms with van der Waals surface area (Å²) in [5.41, 5.74) is 0.186. The van der Waals surface area contributed by atoms with Gasteiger partial charge in [-0.2, -0.15) is 0 Å². The second kappa shape index (κ2) is 8.10. The zero-order valence-corrected chi connectivity index (χ0v) is 20.8. The number of esters is 4. The van der Waals surface area contributed by atoms with Crippen molar-refractivity contribution in [2.75, 3.05) is 0 Å². The van der Waals surface area contributed by atoms with Crippen molar-refractivity contribution in [1.29, 1.82) is 0 Å². The third-order valence-corrected chi connectivity index (χ3v) is 7.45. The highest BCUT2D eigenvalue weighted by Crippen LogP contribution is 2.67. The van der Waals surface area contributed by atoms with E-state index in [0.717, 1.165) is 12.8 Å². The molecule has 0 amide bonds. The van der Waals surface area contributed by atoms with E-state index in [1.807, 2.05) is 19.9 Å². The Balaban J connectivity index is 2.15. The Morgan fingerprint density at radius 3 is 2.18 bits per heavy atom. The fourth-order valence-electron chi connectivity index (χ4n) is 6.44. The van der Waals surface area contributed by atoms with Crippen LogP contribution >= 0.6 is 0 Å². The van der Waals surface area contributed by atoms with Crippen LogP contribution < -0.4 is 9.47 Å². The summed E-state index contributed by atoms with van der Waals surface area (Å²) in [4.78, 5) is 50.2. The predicted molar refractivity (Wildman–Crippen MR) is 120 cm³/mol. The fourth-order valence-corrected chi connectivity index (χ4v) is 6.44. The van der Waals surface area contributed by atoms with E-state index in [4.69, 9.17) is 18.9 Å². The van der Waals surface area contributed by atoms with Crippen molar-refractivity contribution in [2.45, 2.75) is 91.3 Å². The van der Waals surface area contributed by atoms with Crippen molar-refractivity contribution in [3.8, 4) is 11.5 Å². The number of carbonyl (C=O) groups excluding carboxylic acids is 4. The lowest BCUT2D eigenvalue weighted by molar-refractivity contribution is -0.163. The Kier molecular flexibility index (Phi) is 5.77. The maximum absolute atomic E-state index is 13.7. The van der Waals surface area contributed by atoms with Crippen molar-refractivity contribution in [2.24, 2.45) is 11.3 Å². The minimum Gasteiger partial charge on any atom is -0.457 e. The third kappa shape index (κ3) is 3.49. The van der Waals surface area contributed by atoms with E-state index >= 15 is 0 Å². The van der Waals surface area contributed by atoms with Crippen molar-refractivity contribution in [3.05, 3.63) is 22.8 Å². The largest absolute Gasteiger partial charge is 0.457 e. The maximum Gasteiger partial charge on any atom is 0.317 e. The summed E-state index contributed by atoms with van der Waals surface area (Å²) >= 11 is 0. The first-order chi connectivity index (χ1) is 15.8. The number of fused-ring (bicyclic) bond motifs is 1. The summed E-state index contributed by atoms with van der Waals surface area (Å²) < 4.78 is 23.1. The van der Waals surface area contributed by atoms with Gasteiger partial charge in [-0.25, -0.2) is 0 Å². The fraction of sp³-hybridized carbons (Fsp3) is 0.615. The van der Waals surface area contributed by atoms with Gasteiger partial charge in [-0.1, -0.05) is 34.1 Å². The topological polar surface area (TPSA) is 105 Å². The van der Waals surface area contributed by atoms with Gasteiger partial charge < -0.3 is 18.9 Å². The number of ether oxygens (including phenoxy) is 4. The molecule has 1 aromatic carbocycles. The van der Waals surface area contributed by atoms with Gasteiger partial charge in [-0.3, -0.25) is 19.2 Å². The van der Waals surface area contributed by atoms with Crippen LogP contribution in [0.3, 0.4) is 0 Å². The van der Waals surface area contributed by atoms with Crippen molar-refractivity contribution < 1.29 is 38.1 Å². The molecule has 3 aliphatic rings. The Labute approximate surface area is 199 Å². The van der Waals surface area contributed by atoms with Crippen molar-refractivity contribution in [3.63, 3.8) is 0 Å². The van der Waals surface area contributed by atoms with Gasteiger partial charge in [0.2, 0.25) is 0 Å². The predicted octanol–water partition coefficient (Wildman–Crippen LogP) is 4.27. The third-order valence-electron chi connectivity index (χ3n) is 7.45. The Morgan fingerprint density at radius 2 is 1.62 bits per heavy atom. The number of hydrogen-bond donors (Lipinski definition) is 0. The first-order valence-electron chi connectivity index (χ1n) is 11.8. The molecule has 1 saturated heterocycles. The second-order valence-corrected chi connectivity index (χ2v) is 10.6. The molecule has 2 bridgehead atoms. The molecule has 0 radical (unpaired) electrons. The number of hydrogen-bond acceptors (Lipinski definition) is 8. The lowest BCUT2D eigenvalue weighted by Crippen LogP contribution is -2.54. The van der Waals surface area contributed by atoms with Gasteiger partial charge in [-0.15, -0.1) is 0 Å². The van der Waals surface area contributed by atoms with Crippen LogP contribution in [0.25, 0.3) is 0 Å². The van der Waals surface area contributed by atoms with Crippen LogP contribution in [-0.4, -0.2) is 30.0 Å². The smallest absolute Gasteiger partial charge is 0.317 e. The van der Waals surface area contributed by atoms with Crippen LogP contribution in [0.2, 0.25) is 0 Å². The van der Waals surface area contributed by atoms with Gasteiger partial charge in [-0.05, 0) is 30.2 Å². The summed E-state index contributed by atoms with van der Waals surface area (Å²) in [6.45, 7) is 11.8. The first kappa shape index (κ1) is 24.2. The molecule has 2 aliphatic carbocycles. The Hall–Kier alpha value is -2.90. The van der Waals surface area contributed by atoms with Crippen LogP contribution in [0, 0.1) is 11.3 Å². The first-order valence-corrected chi connectivity index (χ1v) is 11.8. The second-order valence-electron chi connectivity index (χ2n) is 10.6. The van der Waals surface area contributed by atoms with Crippen LogP contribution in [-0.2, 0) is 34.1 Å². The Morgan fingerprint density at radius 1 is 1.00 bits per heavy atom. The quantitative estimate of drug-likeness (QED) is 0.473. The van der Waals surface area contributed by atoms with Crippen LogP contribution in [0.5, 0.6) is 11.5 Å². The molecule has 0 spiro atoms. The van der Waals surface area contributed by atoms with E-state index in [9.17, 15) is 19.2 Å². The number of benzene rings is 1. The molecular weight excluding hydrogens is 440 g/mol. The molecule has 4 atom stereocenters. The molecular formula is C26H32O8. The van der Waals surface area contributed by atoms with E-state index in [-0.39, 0.29) is 28.7 Å². The average molecular weight is 473 g/mol. The van der Waals surface area contributed by atoms with Crippen LogP contribution in [0.4, 0.5) is 0 Å². The van der Waals surface area contributed by atoms with E-state index in [1.54, 1.807) is 0 Å². The van der Waals surface area contributed by atoms with E-state index in [0.29, 0.717) is 23.1 Å². The lowest BCUT2D eigenvalue weighted by Gasteiger charge is -2.52. The standard InChI is InChI=1S/C26H32O8/c1-12(2)16-11-17-18(21(33-15(5)29)19(16)31-13(3)27)26-10-8-9-25(6,7)23(26)22(34-24(26)30)20(17)32-14(4)28/h11-12,20,22-23H,8-10H2,1-7H3/t20-,22+,23-,26-/m0/s1. The molecule has 34 heavy (non-hydrogen) atoms. The van der Waals surface area contributed by atoms with E-state index in [1.165, 1.54) is 20.8 Å². The number of rotatable bonds is 4. The molecule has 1 aromatic rings. The van der Waals surface area contributed by atoms with Gasteiger partial charge in [0, 0.05) is 43.4 Å². The van der Waals surface area contributed by atoms with E-state index < -0.39 is 41.5 Å². The summed E-state index contributed by atoms with van der Waals surface area (Å²) in [7, 11) is 0. The summed E-state index contributed by atoms with van der Waals surface area (Å²) in [5.74, 6) is -2.41. The molecule has 1 aliphatic heterocycles. The Bertz CT molecular complexity index is 1080. The van der Waals surface area contributed by atoms with Gasteiger partial charge in [0.15, 0.2) is 17.6 Å². The van der Waals surface area contributed by atoms with E-state index in [2.05, 4.69) is 13.8 Å². The summed E-state index contributed by atoms with van der Waals surface area (Å²) in [6.07, 6.45) is 0.581. The molecule has 8 heteroatoms. The van der Waals surface area contributed by atoms with Gasteiger partial charge in [0.25, 0.3) is 0 Å². The zero-order chi connectivity index (χ0) is 25.2. The van der Waals surface area contributed by atoms with Crippen LogP contribution in [0.15, 0.2) is 6.07 Å². The summed E-state index contributed by atoms with van der Waals surface area (Å²) in [5, 5.41) is 0. The molecule has 1 heterocycles. The number of carbonyl (C=O) groups is 4. The van der Waals surface area contributed by atoms with Crippen molar-refractivity contribution >= 4 is 23.9 Å². The van der Waals surface area contributed by atoms with Gasteiger partial charge >= 0.3 is 23.9 Å². The molecule has 0 aromatic heterocycles. The molecule has 1 saturated carbocycles. The minimum absolute atomic E-state index is 0.0426. The normalized spacial score (nSPS) is 28.5. The van der Waals surface area contributed by atoms with Gasteiger partial charge in [0.05, 0.1) is 0 Å². The zero-order valence-electron chi connectivity index (χ0n) is 20.8. The molecule has 2 fully saturated rings. The molecule has 8 nitrogen and oxygen atoms in total. The molecule has 4 rings (SSSR count). The summed E-state index contributed by atoms with van der Waals surface area (Å²) in [6, 6.07) is 1.81. The molecule has 184 valence electrons.